The van der Waals surface area contributed by atoms with Crippen LogP contribution >= 0.6 is 0 Å². The number of nitrogen functional groups attached to an aromatic ring is 1. The number of aryl methyl sites for hydroxylation is 2. The van der Waals surface area contributed by atoms with E-state index in [-0.39, 0.29) is 0 Å². The first-order chi connectivity index (χ1) is 8.04. The lowest BCUT2D eigenvalue weighted by molar-refractivity contribution is 0.799. The van der Waals surface area contributed by atoms with Crippen LogP contribution in [-0.2, 0) is 0 Å². The summed E-state index contributed by atoms with van der Waals surface area (Å²) in [5, 5.41) is 13.4. The molecule has 2 rings (SSSR count). The van der Waals surface area contributed by atoms with Crippen molar-refractivity contribution in [3.8, 4) is 11.9 Å². The predicted octanol–water partition coefficient (Wildman–Crippen LogP) is 1.65. The summed E-state index contributed by atoms with van der Waals surface area (Å²) in [6.45, 7) is 5.57. The number of nitrogens with two attached hydrogens (primary N) is 1. The molecule has 0 spiro atoms. The first kappa shape index (κ1) is 11.1. The van der Waals surface area contributed by atoms with Gasteiger partial charge in [-0.15, -0.1) is 0 Å². The van der Waals surface area contributed by atoms with Crippen molar-refractivity contribution < 1.29 is 0 Å². The van der Waals surface area contributed by atoms with Gasteiger partial charge < -0.3 is 5.73 Å². The molecule has 2 aromatic heterocycles. The van der Waals surface area contributed by atoms with Crippen LogP contribution in [0.4, 0.5) is 5.69 Å². The molecule has 0 saturated heterocycles. The van der Waals surface area contributed by atoms with Crippen molar-refractivity contribution in [2.75, 3.05) is 5.73 Å². The van der Waals surface area contributed by atoms with Crippen LogP contribution in [0.1, 0.15) is 22.6 Å². The van der Waals surface area contributed by atoms with Crippen molar-refractivity contribution in [1.29, 1.82) is 5.26 Å². The van der Waals surface area contributed by atoms with Gasteiger partial charge in [0.15, 0.2) is 5.82 Å². The SMILES string of the molecule is Cc1ccc(C#N)c(-n2nc(C)c(N)c2C)n1. The van der Waals surface area contributed by atoms with Gasteiger partial charge in [0.2, 0.25) is 0 Å². The van der Waals surface area contributed by atoms with Gasteiger partial charge in [0.25, 0.3) is 0 Å². The van der Waals surface area contributed by atoms with E-state index >= 15 is 0 Å². The van der Waals surface area contributed by atoms with Crippen molar-refractivity contribution in [3.63, 3.8) is 0 Å². The third-order valence-corrected chi connectivity index (χ3v) is 2.68. The first-order valence-electron chi connectivity index (χ1n) is 5.24. The lowest BCUT2D eigenvalue weighted by Gasteiger charge is -2.06. The molecule has 0 atom stereocenters. The molecule has 0 aliphatic heterocycles. The number of nitriles is 1. The average Bonchev–Trinajstić information content (AvgIpc) is 2.57. The number of aromatic nitrogens is 3. The molecule has 0 aliphatic rings. The maximum absolute atomic E-state index is 9.08. The van der Waals surface area contributed by atoms with Gasteiger partial charge in [-0.05, 0) is 32.9 Å². The Balaban J connectivity index is 2.72. The molecule has 86 valence electrons. The predicted molar refractivity (Wildman–Crippen MR) is 64.7 cm³/mol. The highest BCUT2D eigenvalue weighted by Gasteiger charge is 2.14. The zero-order valence-electron chi connectivity index (χ0n) is 10.0. The molecule has 0 unspecified atom stereocenters. The lowest BCUT2D eigenvalue weighted by atomic mass is 10.2. The normalized spacial score (nSPS) is 10.2. The zero-order valence-corrected chi connectivity index (χ0v) is 10.0. The van der Waals surface area contributed by atoms with Crippen LogP contribution in [0.15, 0.2) is 12.1 Å². The largest absolute Gasteiger partial charge is 0.396 e. The quantitative estimate of drug-likeness (QED) is 0.803. The summed E-state index contributed by atoms with van der Waals surface area (Å²) in [4.78, 5) is 4.35. The van der Waals surface area contributed by atoms with Crippen LogP contribution < -0.4 is 5.73 Å². The number of hydrogen-bond acceptors (Lipinski definition) is 4. The Morgan fingerprint density at radius 2 is 2.00 bits per heavy atom. The van der Waals surface area contributed by atoms with E-state index in [0.29, 0.717) is 17.1 Å². The van der Waals surface area contributed by atoms with E-state index in [1.165, 1.54) is 0 Å². The van der Waals surface area contributed by atoms with E-state index < -0.39 is 0 Å². The summed E-state index contributed by atoms with van der Waals surface area (Å²) in [6.07, 6.45) is 0. The van der Waals surface area contributed by atoms with Crippen LogP contribution in [0.25, 0.3) is 5.82 Å². The third-order valence-electron chi connectivity index (χ3n) is 2.68. The van der Waals surface area contributed by atoms with Crippen LogP contribution in [-0.4, -0.2) is 14.8 Å². The Morgan fingerprint density at radius 3 is 2.53 bits per heavy atom. The Morgan fingerprint density at radius 1 is 1.29 bits per heavy atom. The molecule has 0 bridgehead atoms. The molecule has 5 nitrogen and oxygen atoms in total. The maximum atomic E-state index is 9.08. The number of hydrogen-bond donors (Lipinski definition) is 1. The van der Waals surface area contributed by atoms with Gasteiger partial charge >= 0.3 is 0 Å². The van der Waals surface area contributed by atoms with Crippen LogP contribution in [0.3, 0.4) is 0 Å². The number of rotatable bonds is 1. The third kappa shape index (κ3) is 1.74. The average molecular weight is 227 g/mol. The molecular formula is C12H13N5. The molecule has 2 aromatic rings. The first-order valence-corrected chi connectivity index (χ1v) is 5.24. The van der Waals surface area contributed by atoms with Crippen LogP contribution in [0.5, 0.6) is 0 Å². The van der Waals surface area contributed by atoms with Crippen LogP contribution in [0.2, 0.25) is 0 Å². The van der Waals surface area contributed by atoms with Gasteiger partial charge in [-0.3, -0.25) is 0 Å². The monoisotopic (exact) mass is 227 g/mol. The number of nitrogens with zero attached hydrogens (tertiary/aromatic N) is 4. The Kier molecular flexibility index (Phi) is 2.56. The molecule has 17 heavy (non-hydrogen) atoms. The van der Waals surface area contributed by atoms with Crippen molar-refractivity contribution in [2.24, 2.45) is 0 Å². The second-order valence-electron chi connectivity index (χ2n) is 3.93. The molecule has 0 aromatic carbocycles. The van der Waals surface area contributed by atoms with E-state index in [9.17, 15) is 0 Å². The van der Waals surface area contributed by atoms with Crippen molar-refractivity contribution >= 4 is 5.69 Å². The molecule has 5 heteroatoms. The molecular weight excluding hydrogens is 214 g/mol. The minimum atomic E-state index is 0.487. The molecule has 2 heterocycles. The summed E-state index contributed by atoms with van der Waals surface area (Å²) in [7, 11) is 0. The van der Waals surface area contributed by atoms with Gasteiger partial charge in [-0.1, -0.05) is 0 Å². The standard InChI is InChI=1S/C12H13N5/c1-7-4-5-10(6-13)12(15-7)17-9(3)11(14)8(2)16-17/h4-5H,14H2,1-3H3. The second-order valence-corrected chi connectivity index (χ2v) is 3.93. The van der Waals surface area contributed by atoms with Crippen molar-refractivity contribution in [2.45, 2.75) is 20.8 Å². The highest BCUT2D eigenvalue weighted by Crippen LogP contribution is 2.20. The summed E-state index contributed by atoms with van der Waals surface area (Å²) in [6, 6.07) is 5.66. The molecule has 0 amide bonds. The Bertz CT molecular complexity index is 619. The highest BCUT2D eigenvalue weighted by atomic mass is 15.3. The van der Waals surface area contributed by atoms with E-state index in [2.05, 4.69) is 16.2 Å². The lowest BCUT2D eigenvalue weighted by Crippen LogP contribution is -2.06. The Hall–Kier alpha value is -2.35. The van der Waals surface area contributed by atoms with Gasteiger partial charge in [0.1, 0.15) is 6.07 Å². The zero-order chi connectivity index (χ0) is 12.6. The fraction of sp³-hybridized carbons (Fsp3) is 0.250. The van der Waals surface area contributed by atoms with E-state index in [1.807, 2.05) is 20.8 Å². The molecule has 0 fully saturated rings. The van der Waals surface area contributed by atoms with E-state index in [0.717, 1.165) is 17.1 Å². The number of anilines is 1. The van der Waals surface area contributed by atoms with Crippen LogP contribution in [0, 0.1) is 32.1 Å². The molecule has 2 N–H and O–H groups in total. The summed E-state index contributed by atoms with van der Waals surface area (Å²) in [5.41, 5.74) is 9.39. The smallest absolute Gasteiger partial charge is 0.171 e. The Labute approximate surface area is 99.5 Å². The van der Waals surface area contributed by atoms with E-state index in [4.69, 9.17) is 11.0 Å². The second kappa shape index (κ2) is 3.91. The van der Waals surface area contributed by atoms with Crippen molar-refractivity contribution in [1.82, 2.24) is 14.8 Å². The maximum Gasteiger partial charge on any atom is 0.171 e. The topological polar surface area (TPSA) is 80.5 Å². The summed E-state index contributed by atoms with van der Waals surface area (Å²) >= 11 is 0. The fourth-order valence-electron chi connectivity index (χ4n) is 1.65. The van der Waals surface area contributed by atoms with Crippen molar-refractivity contribution in [3.05, 3.63) is 34.8 Å². The summed E-state index contributed by atoms with van der Waals surface area (Å²) in [5.74, 6) is 0.532. The molecule has 0 radical (unpaired) electrons. The van der Waals surface area contributed by atoms with Gasteiger partial charge in [-0.2, -0.15) is 10.4 Å². The molecule has 0 aliphatic carbocycles. The highest BCUT2D eigenvalue weighted by molar-refractivity contribution is 5.52. The van der Waals surface area contributed by atoms with E-state index in [1.54, 1.807) is 16.8 Å². The van der Waals surface area contributed by atoms with Gasteiger partial charge in [0, 0.05) is 5.69 Å². The van der Waals surface area contributed by atoms with Gasteiger partial charge in [0.05, 0.1) is 22.6 Å². The minimum absolute atomic E-state index is 0.487. The molecule has 0 saturated carbocycles. The fourth-order valence-corrected chi connectivity index (χ4v) is 1.65. The van der Waals surface area contributed by atoms with Gasteiger partial charge in [-0.25, -0.2) is 9.67 Å². The number of pyridine rings is 1. The minimum Gasteiger partial charge on any atom is -0.396 e. The summed E-state index contributed by atoms with van der Waals surface area (Å²) < 4.78 is 1.62.